The fourth-order valence-corrected chi connectivity index (χ4v) is 6.85. The average molecular weight is 602 g/mol. The standard InChI is InChI=1S/C29H35N3O7S2/c1-20-13-15-23(16-14-20)40(35,36)30-26-12-8-11-25-28(26)39-27(21(2)17-32(29(25)34)22(3)19-33)18-31(4)41(37,38)24-9-6-5-7-10-24/h5-16,21-22,27,30,33H,17-19H2,1-4H3/t21-,22-,27+/m0/s1. The number of carbonyl (C=O) groups is 1. The average Bonchev–Trinajstić information content (AvgIpc) is 2.95. The van der Waals surface area contributed by atoms with Crippen molar-refractivity contribution in [3.8, 4) is 5.75 Å². The molecule has 0 aliphatic carbocycles. The molecule has 1 aliphatic rings. The number of amides is 1. The first kappa shape index (κ1) is 30.5. The molecule has 1 aliphatic heterocycles. The highest BCUT2D eigenvalue weighted by Gasteiger charge is 2.36. The topological polar surface area (TPSA) is 133 Å². The number of nitrogens with zero attached hydrogens (tertiary/aromatic N) is 2. The number of rotatable bonds is 9. The zero-order chi connectivity index (χ0) is 29.9. The fourth-order valence-electron chi connectivity index (χ4n) is 4.59. The molecule has 0 unspecified atom stereocenters. The molecule has 0 saturated carbocycles. The molecule has 0 spiro atoms. The van der Waals surface area contributed by atoms with Crippen molar-refractivity contribution in [1.29, 1.82) is 0 Å². The Morgan fingerprint density at radius 2 is 1.66 bits per heavy atom. The molecule has 4 rings (SSSR count). The van der Waals surface area contributed by atoms with Gasteiger partial charge >= 0.3 is 0 Å². The third-order valence-corrected chi connectivity index (χ3v) is 10.4. The van der Waals surface area contributed by atoms with Gasteiger partial charge in [-0.2, -0.15) is 4.31 Å². The van der Waals surface area contributed by atoms with E-state index in [4.69, 9.17) is 4.74 Å². The summed E-state index contributed by atoms with van der Waals surface area (Å²) in [7, 11) is -6.47. The summed E-state index contributed by atoms with van der Waals surface area (Å²) in [4.78, 5) is 15.3. The lowest BCUT2D eigenvalue weighted by Crippen LogP contribution is -2.50. The first-order chi connectivity index (χ1) is 19.3. The number of ether oxygens (including phenoxy) is 1. The highest BCUT2D eigenvalue weighted by Crippen LogP contribution is 2.36. The molecular formula is C29H35N3O7S2. The number of sulfonamides is 2. The van der Waals surface area contributed by atoms with Gasteiger partial charge in [0.05, 0.1) is 40.2 Å². The minimum Gasteiger partial charge on any atom is -0.486 e. The number of aliphatic hydroxyl groups is 1. The van der Waals surface area contributed by atoms with Crippen LogP contribution >= 0.6 is 0 Å². The zero-order valence-electron chi connectivity index (χ0n) is 23.4. The SMILES string of the molecule is Cc1ccc(S(=O)(=O)Nc2cccc3c2O[C@H](CN(C)S(=O)(=O)c2ccccc2)[C@@H](C)CN([C@@H](C)CO)C3=O)cc1. The number of benzene rings is 3. The zero-order valence-corrected chi connectivity index (χ0v) is 25.0. The third-order valence-electron chi connectivity index (χ3n) is 7.16. The van der Waals surface area contributed by atoms with Crippen molar-refractivity contribution >= 4 is 31.6 Å². The summed E-state index contributed by atoms with van der Waals surface area (Å²) in [6.45, 7) is 5.19. The van der Waals surface area contributed by atoms with Gasteiger partial charge in [0.15, 0.2) is 5.75 Å². The van der Waals surface area contributed by atoms with Gasteiger partial charge in [0.1, 0.15) is 6.10 Å². The van der Waals surface area contributed by atoms with E-state index in [-0.39, 0.29) is 46.5 Å². The largest absolute Gasteiger partial charge is 0.486 e. The first-order valence-corrected chi connectivity index (χ1v) is 16.1. The number of likely N-dealkylation sites (N-methyl/N-ethyl adjacent to an activating group) is 1. The van der Waals surface area contributed by atoms with E-state index in [2.05, 4.69) is 4.72 Å². The van der Waals surface area contributed by atoms with Crippen LogP contribution in [0.1, 0.15) is 29.8 Å². The highest BCUT2D eigenvalue weighted by atomic mass is 32.2. The molecule has 12 heteroatoms. The number of carbonyl (C=O) groups excluding carboxylic acids is 1. The third kappa shape index (κ3) is 6.56. The second kappa shape index (κ2) is 12.2. The van der Waals surface area contributed by atoms with Crippen molar-refractivity contribution < 1.29 is 31.5 Å². The Labute approximate surface area is 241 Å². The maximum Gasteiger partial charge on any atom is 0.262 e. The van der Waals surface area contributed by atoms with Gasteiger partial charge in [-0.25, -0.2) is 16.8 Å². The minimum atomic E-state index is -4.05. The van der Waals surface area contributed by atoms with E-state index in [1.165, 1.54) is 52.7 Å². The minimum absolute atomic E-state index is 0.00890. The molecule has 3 aromatic carbocycles. The number of fused-ring (bicyclic) bond motifs is 1. The maximum absolute atomic E-state index is 13.7. The summed E-state index contributed by atoms with van der Waals surface area (Å²) in [5.74, 6) is -0.838. The van der Waals surface area contributed by atoms with Gasteiger partial charge in [-0.3, -0.25) is 9.52 Å². The molecule has 0 saturated heterocycles. The fraction of sp³-hybridized carbons (Fsp3) is 0.345. The lowest BCUT2D eigenvalue weighted by molar-refractivity contribution is 0.0389. The predicted octanol–water partition coefficient (Wildman–Crippen LogP) is 3.34. The number of nitrogens with one attached hydrogen (secondary N) is 1. The molecule has 3 aromatic rings. The lowest BCUT2D eigenvalue weighted by atomic mass is 9.99. The monoisotopic (exact) mass is 601 g/mol. The molecule has 41 heavy (non-hydrogen) atoms. The van der Waals surface area contributed by atoms with Crippen LogP contribution in [-0.4, -0.2) is 75.9 Å². The summed E-state index contributed by atoms with van der Waals surface area (Å²) in [5, 5.41) is 9.89. The summed E-state index contributed by atoms with van der Waals surface area (Å²) in [6, 6.07) is 18.3. The van der Waals surface area contributed by atoms with Crippen LogP contribution in [0.3, 0.4) is 0 Å². The summed E-state index contributed by atoms with van der Waals surface area (Å²) >= 11 is 0. The molecular weight excluding hydrogens is 566 g/mol. The van der Waals surface area contributed by atoms with Crippen molar-refractivity contribution in [3.63, 3.8) is 0 Å². The van der Waals surface area contributed by atoms with E-state index in [1.807, 2.05) is 13.8 Å². The van der Waals surface area contributed by atoms with E-state index >= 15 is 0 Å². The number of hydrogen-bond acceptors (Lipinski definition) is 7. The van der Waals surface area contributed by atoms with Gasteiger partial charge < -0.3 is 14.7 Å². The van der Waals surface area contributed by atoms with Gasteiger partial charge in [0.25, 0.3) is 15.9 Å². The molecule has 1 heterocycles. The van der Waals surface area contributed by atoms with Crippen molar-refractivity contribution in [2.75, 3.05) is 31.5 Å². The number of aliphatic hydroxyl groups excluding tert-OH is 1. The first-order valence-electron chi connectivity index (χ1n) is 13.2. The van der Waals surface area contributed by atoms with Crippen molar-refractivity contribution in [2.45, 2.75) is 42.7 Å². The normalized spacial score (nSPS) is 18.7. The Morgan fingerprint density at radius 1 is 1.00 bits per heavy atom. The van der Waals surface area contributed by atoms with Crippen LogP contribution in [0, 0.1) is 12.8 Å². The lowest BCUT2D eigenvalue weighted by Gasteiger charge is -2.38. The molecule has 1 amide bonds. The molecule has 0 bridgehead atoms. The quantitative estimate of drug-likeness (QED) is 0.384. The molecule has 0 aromatic heterocycles. The van der Waals surface area contributed by atoms with Gasteiger partial charge in [-0.15, -0.1) is 0 Å². The van der Waals surface area contributed by atoms with Crippen molar-refractivity contribution in [3.05, 3.63) is 83.9 Å². The van der Waals surface area contributed by atoms with Crippen LogP contribution < -0.4 is 9.46 Å². The number of hydrogen-bond donors (Lipinski definition) is 2. The number of aryl methyl sites for hydroxylation is 1. The second-order valence-electron chi connectivity index (χ2n) is 10.3. The van der Waals surface area contributed by atoms with Crippen molar-refractivity contribution in [2.24, 2.45) is 5.92 Å². The number of para-hydroxylation sites is 1. The van der Waals surface area contributed by atoms with Crippen molar-refractivity contribution in [1.82, 2.24) is 9.21 Å². The second-order valence-corrected chi connectivity index (χ2v) is 14.0. The van der Waals surface area contributed by atoms with Gasteiger partial charge in [-0.1, -0.05) is 48.9 Å². The number of anilines is 1. The molecule has 3 atom stereocenters. The molecule has 220 valence electrons. The molecule has 2 N–H and O–H groups in total. The van der Waals surface area contributed by atoms with Gasteiger partial charge in [0.2, 0.25) is 10.0 Å². The Kier molecular flexibility index (Phi) is 9.07. The van der Waals surface area contributed by atoms with Crippen LogP contribution in [0.25, 0.3) is 0 Å². The predicted molar refractivity (Wildman–Crippen MR) is 156 cm³/mol. The van der Waals surface area contributed by atoms with E-state index < -0.39 is 44.0 Å². The van der Waals surface area contributed by atoms with Crippen LogP contribution in [-0.2, 0) is 20.0 Å². The molecule has 0 radical (unpaired) electrons. The highest BCUT2D eigenvalue weighted by molar-refractivity contribution is 7.92. The van der Waals surface area contributed by atoms with E-state index in [0.29, 0.717) is 0 Å². The summed E-state index contributed by atoms with van der Waals surface area (Å²) < 4.78 is 63.3. The van der Waals surface area contributed by atoms with Crippen LogP contribution in [0.2, 0.25) is 0 Å². The van der Waals surface area contributed by atoms with E-state index in [9.17, 15) is 26.7 Å². The summed E-state index contributed by atoms with van der Waals surface area (Å²) in [6.07, 6.45) is -0.774. The summed E-state index contributed by atoms with van der Waals surface area (Å²) in [5.41, 5.74) is 1.03. The Hall–Kier alpha value is -3.45. The van der Waals surface area contributed by atoms with E-state index in [0.717, 1.165) is 5.56 Å². The van der Waals surface area contributed by atoms with Crippen LogP contribution in [0.5, 0.6) is 5.75 Å². The smallest absolute Gasteiger partial charge is 0.262 e. The molecule has 10 nitrogen and oxygen atoms in total. The van der Waals surface area contributed by atoms with Crippen LogP contribution in [0.4, 0.5) is 5.69 Å². The van der Waals surface area contributed by atoms with E-state index in [1.54, 1.807) is 43.3 Å². The van der Waals surface area contributed by atoms with Crippen LogP contribution in [0.15, 0.2) is 82.6 Å². The maximum atomic E-state index is 13.7. The van der Waals surface area contributed by atoms with Gasteiger partial charge in [0, 0.05) is 19.5 Å². The Bertz CT molecular complexity index is 1600. The Balaban J connectivity index is 1.76. The Morgan fingerprint density at radius 3 is 2.29 bits per heavy atom. The van der Waals surface area contributed by atoms with Gasteiger partial charge in [-0.05, 0) is 50.2 Å². The molecule has 0 fully saturated rings.